The van der Waals surface area contributed by atoms with E-state index >= 15 is 0 Å². The Labute approximate surface area is 131 Å². The molecule has 1 aliphatic rings. The van der Waals surface area contributed by atoms with Crippen LogP contribution in [0.3, 0.4) is 0 Å². The molecule has 23 heavy (non-hydrogen) atoms. The van der Waals surface area contributed by atoms with Crippen molar-refractivity contribution in [3.05, 3.63) is 42.0 Å². The minimum atomic E-state index is -4.70. The number of halogens is 3. The number of likely N-dealkylation sites (tertiary alicyclic amines) is 1. The Hall–Kier alpha value is -2.31. The van der Waals surface area contributed by atoms with Crippen LogP contribution in [0.1, 0.15) is 24.8 Å². The SMILES string of the molecule is O=C(O)[C@H]1CCCCN1C(=O)/C=C(/c1ccccc1)C(F)(F)F. The van der Waals surface area contributed by atoms with Gasteiger partial charge in [-0.3, -0.25) is 4.79 Å². The number of hydrogen-bond acceptors (Lipinski definition) is 2. The molecule has 0 aromatic heterocycles. The van der Waals surface area contributed by atoms with E-state index < -0.39 is 29.7 Å². The summed E-state index contributed by atoms with van der Waals surface area (Å²) in [7, 11) is 0. The Balaban J connectivity index is 2.35. The van der Waals surface area contributed by atoms with Crippen molar-refractivity contribution in [2.45, 2.75) is 31.5 Å². The van der Waals surface area contributed by atoms with Gasteiger partial charge in [0.2, 0.25) is 5.91 Å². The number of nitrogens with zero attached hydrogens (tertiary/aromatic N) is 1. The number of allylic oxidation sites excluding steroid dienone is 1. The fourth-order valence-electron chi connectivity index (χ4n) is 2.61. The highest BCUT2D eigenvalue weighted by Gasteiger charge is 2.37. The van der Waals surface area contributed by atoms with Crippen LogP contribution < -0.4 is 0 Å². The first kappa shape index (κ1) is 17.1. The van der Waals surface area contributed by atoms with Crippen molar-refractivity contribution < 1.29 is 27.9 Å². The van der Waals surface area contributed by atoms with Gasteiger partial charge in [0.15, 0.2) is 0 Å². The highest BCUT2D eigenvalue weighted by atomic mass is 19.4. The normalized spacial score (nSPS) is 19.5. The minimum Gasteiger partial charge on any atom is -0.480 e. The molecule has 1 fully saturated rings. The summed E-state index contributed by atoms with van der Waals surface area (Å²) in [5, 5.41) is 9.13. The Kier molecular flexibility index (Phi) is 5.08. The molecule has 0 radical (unpaired) electrons. The largest absolute Gasteiger partial charge is 0.480 e. The van der Waals surface area contributed by atoms with E-state index in [-0.39, 0.29) is 18.5 Å². The van der Waals surface area contributed by atoms with Gasteiger partial charge in [0.25, 0.3) is 0 Å². The van der Waals surface area contributed by atoms with Crippen LogP contribution in [0.15, 0.2) is 36.4 Å². The molecule has 1 N–H and O–H groups in total. The summed E-state index contributed by atoms with van der Waals surface area (Å²) in [6.07, 6.45) is -2.74. The first-order valence-electron chi connectivity index (χ1n) is 7.18. The van der Waals surface area contributed by atoms with Crippen LogP contribution in [0.4, 0.5) is 13.2 Å². The molecule has 0 aliphatic carbocycles. The van der Waals surface area contributed by atoms with Crippen LogP contribution in [-0.2, 0) is 9.59 Å². The van der Waals surface area contributed by atoms with Gasteiger partial charge in [-0.1, -0.05) is 30.3 Å². The van der Waals surface area contributed by atoms with Crippen LogP contribution in [0.5, 0.6) is 0 Å². The van der Waals surface area contributed by atoms with Crippen LogP contribution in [0, 0.1) is 0 Å². The molecule has 1 amide bonds. The lowest BCUT2D eigenvalue weighted by Gasteiger charge is -2.32. The minimum absolute atomic E-state index is 0.128. The Morgan fingerprint density at radius 3 is 2.39 bits per heavy atom. The number of hydrogen-bond donors (Lipinski definition) is 1. The molecule has 2 rings (SSSR count). The lowest BCUT2D eigenvalue weighted by Crippen LogP contribution is -2.47. The predicted molar refractivity (Wildman–Crippen MR) is 77.5 cm³/mol. The van der Waals surface area contributed by atoms with Crippen molar-refractivity contribution in [2.24, 2.45) is 0 Å². The van der Waals surface area contributed by atoms with Crippen molar-refractivity contribution in [1.82, 2.24) is 4.90 Å². The molecule has 0 bridgehead atoms. The third-order valence-corrected chi connectivity index (χ3v) is 3.73. The van der Waals surface area contributed by atoms with E-state index in [4.69, 9.17) is 5.11 Å². The van der Waals surface area contributed by atoms with Gasteiger partial charge in [-0.05, 0) is 24.8 Å². The number of piperidine rings is 1. The molecule has 1 atom stereocenters. The third kappa shape index (κ3) is 4.12. The van der Waals surface area contributed by atoms with Crippen molar-refractivity contribution in [1.29, 1.82) is 0 Å². The molecule has 1 aliphatic heterocycles. The van der Waals surface area contributed by atoms with Gasteiger partial charge < -0.3 is 10.0 Å². The number of benzene rings is 1. The predicted octanol–water partition coefficient (Wildman–Crippen LogP) is 3.10. The number of aliphatic carboxylic acids is 1. The molecule has 0 saturated carbocycles. The highest BCUT2D eigenvalue weighted by molar-refractivity contribution is 5.98. The second-order valence-corrected chi connectivity index (χ2v) is 5.30. The number of carboxylic acids is 1. The summed E-state index contributed by atoms with van der Waals surface area (Å²) in [4.78, 5) is 24.4. The van der Waals surface area contributed by atoms with E-state index in [0.29, 0.717) is 18.9 Å². The Morgan fingerprint density at radius 1 is 1.17 bits per heavy atom. The zero-order chi connectivity index (χ0) is 17.0. The van der Waals surface area contributed by atoms with E-state index in [2.05, 4.69) is 0 Å². The lowest BCUT2D eigenvalue weighted by atomic mass is 10.0. The van der Waals surface area contributed by atoms with E-state index in [0.717, 1.165) is 4.90 Å². The van der Waals surface area contributed by atoms with Gasteiger partial charge in [-0.15, -0.1) is 0 Å². The molecule has 7 heteroatoms. The van der Waals surface area contributed by atoms with Crippen molar-refractivity contribution >= 4 is 17.4 Å². The molecular weight excluding hydrogens is 311 g/mol. The smallest absolute Gasteiger partial charge is 0.417 e. The maximum absolute atomic E-state index is 13.2. The van der Waals surface area contributed by atoms with Crippen molar-refractivity contribution in [3.63, 3.8) is 0 Å². The summed E-state index contributed by atoms with van der Waals surface area (Å²) in [6.45, 7) is 0.145. The maximum atomic E-state index is 13.2. The first-order valence-corrected chi connectivity index (χ1v) is 7.18. The quantitative estimate of drug-likeness (QED) is 0.868. The number of carbonyl (C=O) groups is 2. The molecular formula is C16H16F3NO3. The molecule has 4 nitrogen and oxygen atoms in total. The van der Waals surface area contributed by atoms with E-state index in [1.807, 2.05) is 0 Å². The zero-order valence-corrected chi connectivity index (χ0v) is 12.2. The standard InChI is InChI=1S/C16H16F3NO3/c17-16(18,19)12(11-6-2-1-3-7-11)10-14(21)20-9-5-4-8-13(20)15(22)23/h1-3,6-7,10,13H,4-5,8-9H2,(H,22,23)/b12-10-/t13-/m1/s1. The van der Waals surface area contributed by atoms with E-state index in [9.17, 15) is 22.8 Å². The van der Waals surface area contributed by atoms with Crippen LogP contribution in [-0.4, -0.2) is 40.6 Å². The summed E-state index contributed by atoms with van der Waals surface area (Å²) < 4.78 is 39.7. The van der Waals surface area contributed by atoms with Crippen LogP contribution in [0.25, 0.3) is 5.57 Å². The fourth-order valence-corrected chi connectivity index (χ4v) is 2.61. The molecule has 1 aromatic rings. The van der Waals surface area contributed by atoms with Crippen LogP contribution >= 0.6 is 0 Å². The van der Waals surface area contributed by atoms with Crippen molar-refractivity contribution in [2.75, 3.05) is 6.54 Å². The van der Waals surface area contributed by atoms with Gasteiger partial charge in [0.1, 0.15) is 6.04 Å². The van der Waals surface area contributed by atoms with E-state index in [1.165, 1.54) is 24.3 Å². The Bertz CT molecular complexity index is 611. The summed E-state index contributed by atoms with van der Waals surface area (Å²) in [5.41, 5.74) is -1.20. The van der Waals surface area contributed by atoms with Crippen molar-refractivity contribution in [3.8, 4) is 0 Å². The molecule has 124 valence electrons. The summed E-state index contributed by atoms with van der Waals surface area (Å²) in [6, 6.07) is 5.91. The average molecular weight is 327 g/mol. The second-order valence-electron chi connectivity index (χ2n) is 5.30. The monoisotopic (exact) mass is 327 g/mol. The molecule has 1 saturated heterocycles. The number of alkyl halides is 3. The maximum Gasteiger partial charge on any atom is 0.417 e. The lowest BCUT2D eigenvalue weighted by molar-refractivity contribution is -0.150. The summed E-state index contributed by atoms with van der Waals surface area (Å²) >= 11 is 0. The van der Waals surface area contributed by atoms with Gasteiger partial charge >= 0.3 is 12.1 Å². The van der Waals surface area contributed by atoms with Gasteiger partial charge in [0.05, 0.1) is 5.57 Å². The van der Waals surface area contributed by atoms with E-state index in [1.54, 1.807) is 6.07 Å². The number of carboxylic acid groups (broad SMARTS) is 1. The van der Waals surface area contributed by atoms with Crippen LogP contribution in [0.2, 0.25) is 0 Å². The second kappa shape index (κ2) is 6.85. The van der Waals surface area contributed by atoms with Gasteiger partial charge in [0, 0.05) is 12.6 Å². The number of amides is 1. The Morgan fingerprint density at radius 2 is 1.83 bits per heavy atom. The number of rotatable bonds is 3. The summed E-state index contributed by atoms with van der Waals surface area (Å²) in [5.74, 6) is -2.12. The molecule has 1 aromatic carbocycles. The number of carbonyl (C=O) groups excluding carboxylic acids is 1. The molecule has 0 unspecified atom stereocenters. The highest BCUT2D eigenvalue weighted by Crippen LogP contribution is 2.34. The molecule has 1 heterocycles. The third-order valence-electron chi connectivity index (χ3n) is 3.73. The zero-order valence-electron chi connectivity index (χ0n) is 12.2. The molecule has 0 spiro atoms. The first-order chi connectivity index (χ1) is 10.8. The topological polar surface area (TPSA) is 57.6 Å². The van der Waals surface area contributed by atoms with Gasteiger partial charge in [-0.2, -0.15) is 13.2 Å². The average Bonchev–Trinajstić information content (AvgIpc) is 2.52. The fraction of sp³-hybridized carbons (Fsp3) is 0.375. The van der Waals surface area contributed by atoms with Gasteiger partial charge in [-0.25, -0.2) is 4.79 Å².